The van der Waals surface area contributed by atoms with Gasteiger partial charge in [-0.3, -0.25) is 9.59 Å². The highest BCUT2D eigenvalue weighted by atomic mass is 79.9. The number of aromatic nitrogens is 2. The van der Waals surface area contributed by atoms with E-state index in [2.05, 4.69) is 73.2 Å². The summed E-state index contributed by atoms with van der Waals surface area (Å²) in [5.74, 6) is 3.71. The first-order valence-electron chi connectivity index (χ1n) is 12.7. The van der Waals surface area contributed by atoms with Crippen molar-refractivity contribution >= 4 is 27.5 Å². The number of rotatable bonds is 5. The number of nitrogens with zero attached hydrogens (tertiary/aromatic N) is 2. The molecule has 1 amide bonds. The molecule has 0 radical (unpaired) electrons. The van der Waals surface area contributed by atoms with Crippen molar-refractivity contribution in [1.29, 1.82) is 0 Å². The summed E-state index contributed by atoms with van der Waals surface area (Å²) in [6.07, 6.45) is 6.45. The molecule has 1 heterocycles. The molecule has 4 bridgehead atoms. The van der Waals surface area contributed by atoms with Crippen molar-refractivity contribution in [2.75, 3.05) is 5.32 Å². The van der Waals surface area contributed by atoms with Crippen molar-refractivity contribution in [3.05, 3.63) is 21.0 Å². The van der Waals surface area contributed by atoms with Gasteiger partial charge in [-0.1, -0.05) is 41.5 Å². The lowest BCUT2D eigenvalue weighted by Gasteiger charge is -2.62. The van der Waals surface area contributed by atoms with Crippen LogP contribution < -0.4 is 16.2 Å². The Morgan fingerprint density at radius 3 is 2.09 bits per heavy atom. The van der Waals surface area contributed by atoms with Crippen molar-refractivity contribution in [3.8, 4) is 0 Å². The van der Waals surface area contributed by atoms with E-state index in [-0.39, 0.29) is 24.1 Å². The molecule has 0 spiro atoms. The van der Waals surface area contributed by atoms with Crippen LogP contribution in [-0.4, -0.2) is 27.8 Å². The van der Waals surface area contributed by atoms with E-state index in [0.29, 0.717) is 45.0 Å². The van der Waals surface area contributed by atoms with E-state index < -0.39 is 0 Å². The van der Waals surface area contributed by atoms with Crippen molar-refractivity contribution < 1.29 is 4.79 Å². The number of hydrogen-bond acceptors (Lipinski definition) is 4. The number of carbonyl (C=O) groups is 1. The highest BCUT2D eigenvalue weighted by Gasteiger charge is 2.57. The zero-order chi connectivity index (χ0) is 23.9. The van der Waals surface area contributed by atoms with Gasteiger partial charge in [-0.15, -0.1) is 0 Å². The van der Waals surface area contributed by atoms with Gasteiger partial charge >= 0.3 is 0 Å². The Kier molecular flexibility index (Phi) is 5.54. The molecule has 0 aromatic carbocycles. The van der Waals surface area contributed by atoms with Gasteiger partial charge in [-0.2, -0.15) is 5.10 Å². The fraction of sp³-hybridized carbons (Fsp3) is 0.808. The van der Waals surface area contributed by atoms with Crippen molar-refractivity contribution in [3.63, 3.8) is 0 Å². The van der Waals surface area contributed by atoms with Gasteiger partial charge in [0.25, 0.3) is 5.56 Å². The molecule has 1 aromatic heterocycles. The normalized spacial score (nSPS) is 39.7. The van der Waals surface area contributed by atoms with Crippen LogP contribution in [0.15, 0.2) is 15.5 Å². The number of halogens is 1. The molecule has 6 fully saturated rings. The fourth-order valence-corrected chi connectivity index (χ4v) is 8.37. The van der Waals surface area contributed by atoms with Crippen LogP contribution in [0.1, 0.15) is 67.2 Å². The summed E-state index contributed by atoms with van der Waals surface area (Å²) in [7, 11) is 0. The maximum absolute atomic E-state index is 13.0. The third-order valence-electron chi connectivity index (χ3n) is 10.7. The Balaban J connectivity index is 1.22. The number of nitrogens with one attached hydrogen (secondary N) is 2. The minimum Gasteiger partial charge on any atom is -0.380 e. The van der Waals surface area contributed by atoms with Crippen LogP contribution in [0.5, 0.6) is 0 Å². The minimum atomic E-state index is -0.259. The smallest absolute Gasteiger partial charge is 0.283 e. The molecule has 8 atom stereocenters. The van der Waals surface area contributed by atoms with Crippen molar-refractivity contribution in [1.82, 2.24) is 15.1 Å². The van der Waals surface area contributed by atoms with E-state index >= 15 is 0 Å². The second-order valence-electron chi connectivity index (χ2n) is 12.7. The van der Waals surface area contributed by atoms with Crippen LogP contribution in [0.25, 0.3) is 0 Å². The predicted molar refractivity (Wildman–Crippen MR) is 134 cm³/mol. The van der Waals surface area contributed by atoms with Gasteiger partial charge in [-0.25, -0.2) is 4.68 Å². The largest absolute Gasteiger partial charge is 0.380 e. The summed E-state index contributed by atoms with van der Waals surface area (Å²) >= 11 is 3.48. The summed E-state index contributed by atoms with van der Waals surface area (Å²) < 4.78 is 1.73. The topological polar surface area (TPSA) is 76.0 Å². The Bertz CT molecular complexity index is 1020. The van der Waals surface area contributed by atoms with Crippen LogP contribution in [0.2, 0.25) is 0 Å². The lowest BCUT2D eigenvalue weighted by Crippen LogP contribution is -2.61. The van der Waals surface area contributed by atoms with Crippen LogP contribution in [0.4, 0.5) is 5.69 Å². The highest BCUT2D eigenvalue weighted by molar-refractivity contribution is 9.10. The third kappa shape index (κ3) is 3.59. The maximum atomic E-state index is 13.0. The summed E-state index contributed by atoms with van der Waals surface area (Å²) in [5, 5.41) is 11.1. The fourth-order valence-electron chi connectivity index (χ4n) is 7.95. The van der Waals surface area contributed by atoms with Gasteiger partial charge in [0.15, 0.2) is 0 Å². The van der Waals surface area contributed by atoms with Gasteiger partial charge in [0.05, 0.1) is 11.9 Å². The number of anilines is 1. The van der Waals surface area contributed by atoms with Crippen molar-refractivity contribution in [2.24, 2.45) is 46.3 Å². The molecule has 2 N–H and O–H groups in total. The van der Waals surface area contributed by atoms with Gasteiger partial charge in [0, 0.05) is 12.1 Å². The molecule has 7 heteroatoms. The zero-order valence-corrected chi connectivity index (χ0v) is 22.4. The monoisotopic (exact) mass is 518 g/mol. The third-order valence-corrected chi connectivity index (χ3v) is 11.4. The second-order valence-corrected chi connectivity index (χ2v) is 13.5. The second kappa shape index (κ2) is 7.82. The van der Waals surface area contributed by atoms with Crippen LogP contribution >= 0.6 is 15.9 Å². The molecule has 6 nitrogen and oxygen atoms in total. The SMILES string of the molecule is C[C@@H]1[C@H]2C[C@@H](C[C@H]1NC(=O)Cn1ncc(N[C@@H]3C[C@@H]4C[C@H]([C@H]3C)C4(C)C)c(Br)c1=O)C2(C)C. The molecule has 33 heavy (non-hydrogen) atoms. The highest BCUT2D eigenvalue weighted by Crippen LogP contribution is 2.62. The average Bonchev–Trinajstić information content (AvgIpc) is 2.75. The van der Waals surface area contributed by atoms with Crippen LogP contribution in [-0.2, 0) is 11.3 Å². The first-order chi connectivity index (χ1) is 15.4. The Morgan fingerprint density at radius 1 is 1.03 bits per heavy atom. The first-order valence-corrected chi connectivity index (χ1v) is 13.5. The Hall–Kier alpha value is -1.37. The van der Waals surface area contributed by atoms with Gasteiger partial charge in [-0.05, 0) is 88.0 Å². The van der Waals surface area contributed by atoms with Crippen molar-refractivity contribution in [2.45, 2.75) is 85.9 Å². The zero-order valence-electron chi connectivity index (χ0n) is 20.8. The molecule has 6 aliphatic carbocycles. The van der Waals surface area contributed by atoms with E-state index in [1.807, 2.05) is 0 Å². The summed E-state index contributed by atoms with van der Waals surface area (Å²) in [4.78, 5) is 25.7. The predicted octanol–water partition coefficient (Wildman–Crippen LogP) is 4.68. The quantitative estimate of drug-likeness (QED) is 0.593. The molecule has 6 saturated carbocycles. The lowest BCUT2D eigenvalue weighted by molar-refractivity contribution is -0.134. The van der Waals surface area contributed by atoms with Crippen LogP contribution in [0, 0.1) is 46.3 Å². The molecular formula is C26H39BrN4O2. The molecule has 0 unspecified atom stereocenters. The standard InChI is InChI=1S/C26H39BrN4O2/c1-13-17-7-15(25(17,3)4)9-19(13)29-21-11-28-31(24(33)23(21)27)12-22(32)30-20-10-16-8-18(14(20)2)26(16,5)6/h11,13-20,29H,7-10,12H2,1-6H3,(H,30,32)/t13-,14-,15+,16+,17-,18-,19-,20-/m1/s1. The molecule has 182 valence electrons. The molecule has 1 aromatic rings. The van der Waals surface area contributed by atoms with E-state index in [0.717, 1.165) is 30.4 Å². The first kappa shape index (κ1) is 23.4. The number of amides is 1. The number of hydrogen-bond donors (Lipinski definition) is 2. The minimum absolute atomic E-state index is 0.0438. The maximum Gasteiger partial charge on any atom is 0.283 e. The van der Waals surface area contributed by atoms with E-state index in [9.17, 15) is 9.59 Å². The molecule has 6 aliphatic rings. The molecular weight excluding hydrogens is 480 g/mol. The van der Waals surface area contributed by atoms with Crippen LogP contribution in [0.3, 0.4) is 0 Å². The van der Waals surface area contributed by atoms with E-state index in [1.54, 1.807) is 6.20 Å². The molecule has 7 rings (SSSR count). The van der Waals surface area contributed by atoms with Gasteiger partial charge in [0.2, 0.25) is 5.91 Å². The van der Waals surface area contributed by atoms with Gasteiger partial charge < -0.3 is 10.6 Å². The number of carbonyl (C=O) groups excluding carboxylic acids is 1. The van der Waals surface area contributed by atoms with E-state index in [1.165, 1.54) is 17.5 Å². The molecule has 0 saturated heterocycles. The Morgan fingerprint density at radius 2 is 1.58 bits per heavy atom. The average molecular weight is 520 g/mol. The Labute approximate surface area is 205 Å². The lowest BCUT2D eigenvalue weighted by atomic mass is 9.45. The van der Waals surface area contributed by atoms with E-state index in [4.69, 9.17) is 0 Å². The summed E-state index contributed by atoms with van der Waals surface area (Å²) in [6, 6.07) is 0.541. The number of fused-ring (bicyclic) bond motifs is 4. The summed E-state index contributed by atoms with van der Waals surface area (Å²) in [5.41, 5.74) is 1.29. The summed E-state index contributed by atoms with van der Waals surface area (Å²) in [6.45, 7) is 14.0. The van der Waals surface area contributed by atoms with Gasteiger partial charge in [0.1, 0.15) is 11.0 Å². The molecule has 0 aliphatic heterocycles.